The number of nitrogens with one attached hydrogen (secondary N) is 1. The van der Waals surface area contributed by atoms with Crippen LogP contribution in [-0.4, -0.2) is 38.5 Å². The Kier molecular flexibility index (Phi) is 4.95. The van der Waals surface area contributed by atoms with Gasteiger partial charge in [-0.3, -0.25) is 4.79 Å². The van der Waals surface area contributed by atoms with E-state index in [0.29, 0.717) is 29.1 Å². The molecule has 0 radical (unpaired) electrons. The molecule has 0 bridgehead atoms. The van der Waals surface area contributed by atoms with Crippen molar-refractivity contribution in [3.63, 3.8) is 0 Å². The average molecular weight is 417 g/mol. The standard InChI is InChI=1S/C20H21F2N5OS/c1-11(2)17-12(14-10-24-16-6-4-8-25-27(14)16)9-15(29-17)19(28)26-18-13(23)5-3-7-20(18,21)22/h4,6,8-10,13,18H,1,3,5,7,23H2,2H3,(H,26,28). The zero-order valence-electron chi connectivity index (χ0n) is 15.9. The molecule has 1 aliphatic carbocycles. The predicted molar refractivity (Wildman–Crippen MR) is 109 cm³/mol. The number of halogens is 2. The monoisotopic (exact) mass is 417 g/mol. The molecule has 0 spiro atoms. The van der Waals surface area contributed by atoms with E-state index in [-0.39, 0.29) is 6.42 Å². The highest BCUT2D eigenvalue weighted by atomic mass is 32.1. The number of alkyl halides is 2. The van der Waals surface area contributed by atoms with Crippen molar-refractivity contribution in [2.75, 3.05) is 0 Å². The number of carbonyl (C=O) groups excluding carboxylic acids is 1. The van der Waals surface area contributed by atoms with Crippen molar-refractivity contribution in [3.05, 3.63) is 46.9 Å². The van der Waals surface area contributed by atoms with Crippen LogP contribution in [0.15, 0.2) is 37.2 Å². The van der Waals surface area contributed by atoms with Crippen LogP contribution >= 0.6 is 11.3 Å². The summed E-state index contributed by atoms with van der Waals surface area (Å²) < 4.78 is 30.2. The van der Waals surface area contributed by atoms with Gasteiger partial charge in [-0.1, -0.05) is 6.58 Å². The van der Waals surface area contributed by atoms with Gasteiger partial charge in [0.05, 0.1) is 16.8 Å². The van der Waals surface area contributed by atoms with Gasteiger partial charge in [0.25, 0.3) is 11.8 Å². The lowest BCUT2D eigenvalue weighted by Gasteiger charge is -2.36. The smallest absolute Gasteiger partial charge is 0.269 e. The predicted octanol–water partition coefficient (Wildman–Crippen LogP) is 3.74. The maximum absolute atomic E-state index is 14.3. The van der Waals surface area contributed by atoms with Crippen LogP contribution in [0.1, 0.15) is 40.7 Å². The van der Waals surface area contributed by atoms with Crippen LogP contribution in [0.2, 0.25) is 0 Å². The zero-order valence-corrected chi connectivity index (χ0v) is 16.7. The maximum Gasteiger partial charge on any atom is 0.269 e. The number of fused-ring (bicyclic) bond motifs is 1. The van der Waals surface area contributed by atoms with E-state index in [4.69, 9.17) is 5.73 Å². The Morgan fingerprint density at radius 3 is 3.00 bits per heavy atom. The number of rotatable bonds is 4. The van der Waals surface area contributed by atoms with Crippen molar-refractivity contribution >= 4 is 28.5 Å². The molecule has 3 heterocycles. The molecule has 6 nitrogen and oxygen atoms in total. The minimum Gasteiger partial charge on any atom is -0.341 e. The van der Waals surface area contributed by atoms with Crippen molar-refractivity contribution in [1.82, 2.24) is 19.9 Å². The molecule has 0 aliphatic heterocycles. The second kappa shape index (κ2) is 7.31. The number of thiophene rings is 1. The first-order chi connectivity index (χ1) is 13.8. The van der Waals surface area contributed by atoms with E-state index in [0.717, 1.165) is 16.0 Å². The van der Waals surface area contributed by atoms with E-state index in [2.05, 4.69) is 22.0 Å². The number of allylic oxidation sites excluding steroid dienone is 1. The second-order valence-corrected chi connectivity index (χ2v) is 8.39. The highest BCUT2D eigenvalue weighted by molar-refractivity contribution is 7.15. The summed E-state index contributed by atoms with van der Waals surface area (Å²) in [6.07, 6.45) is 3.85. The number of carbonyl (C=O) groups is 1. The lowest BCUT2D eigenvalue weighted by atomic mass is 9.87. The molecular formula is C20H21F2N5OS. The van der Waals surface area contributed by atoms with Gasteiger partial charge in [0.1, 0.15) is 6.04 Å². The summed E-state index contributed by atoms with van der Waals surface area (Å²) in [4.78, 5) is 18.2. The summed E-state index contributed by atoms with van der Waals surface area (Å²) in [7, 11) is 0. The minimum atomic E-state index is -3.02. The highest BCUT2D eigenvalue weighted by Crippen LogP contribution is 2.37. The van der Waals surface area contributed by atoms with E-state index >= 15 is 0 Å². The summed E-state index contributed by atoms with van der Waals surface area (Å²) in [5.41, 5.74) is 8.74. The molecule has 0 aromatic carbocycles. The van der Waals surface area contributed by atoms with Crippen LogP contribution in [0, 0.1) is 0 Å². The number of nitrogens with zero attached hydrogens (tertiary/aromatic N) is 3. The third kappa shape index (κ3) is 3.56. The Morgan fingerprint density at radius 1 is 1.48 bits per heavy atom. The van der Waals surface area contributed by atoms with Gasteiger partial charge in [0.15, 0.2) is 5.65 Å². The molecule has 152 valence electrons. The zero-order chi connectivity index (χ0) is 20.8. The fourth-order valence-electron chi connectivity index (χ4n) is 3.66. The topological polar surface area (TPSA) is 85.3 Å². The number of amides is 1. The van der Waals surface area contributed by atoms with Gasteiger partial charge in [-0.15, -0.1) is 11.3 Å². The van der Waals surface area contributed by atoms with E-state index in [9.17, 15) is 13.6 Å². The summed E-state index contributed by atoms with van der Waals surface area (Å²) in [6, 6.07) is 3.13. The van der Waals surface area contributed by atoms with Gasteiger partial charge in [-0.2, -0.15) is 5.10 Å². The Labute approximate surface area is 170 Å². The minimum absolute atomic E-state index is 0.272. The molecule has 1 aliphatic rings. The molecular weight excluding hydrogens is 396 g/mol. The van der Waals surface area contributed by atoms with Crippen LogP contribution < -0.4 is 11.1 Å². The van der Waals surface area contributed by atoms with Crippen molar-refractivity contribution in [3.8, 4) is 11.3 Å². The van der Waals surface area contributed by atoms with Crippen LogP contribution in [0.25, 0.3) is 22.5 Å². The van der Waals surface area contributed by atoms with Crippen molar-refractivity contribution < 1.29 is 13.6 Å². The van der Waals surface area contributed by atoms with Crippen molar-refractivity contribution in [1.29, 1.82) is 0 Å². The molecule has 0 saturated heterocycles. The molecule has 2 atom stereocenters. The van der Waals surface area contributed by atoms with Gasteiger partial charge in [0.2, 0.25) is 0 Å². The Hall–Kier alpha value is -2.65. The summed E-state index contributed by atoms with van der Waals surface area (Å²) in [6.45, 7) is 5.82. The SMILES string of the molecule is C=C(C)c1sc(C(=O)NC2C(N)CCCC2(F)F)cc1-c1cnc2cccnn12. The van der Waals surface area contributed by atoms with Crippen LogP contribution in [-0.2, 0) is 0 Å². The molecule has 4 rings (SSSR count). The van der Waals surface area contributed by atoms with Crippen LogP contribution in [0.4, 0.5) is 8.78 Å². The highest BCUT2D eigenvalue weighted by Gasteiger charge is 2.46. The first kappa shape index (κ1) is 19.7. The largest absolute Gasteiger partial charge is 0.341 e. The van der Waals surface area contributed by atoms with Gasteiger partial charge >= 0.3 is 0 Å². The Bertz CT molecular complexity index is 1090. The van der Waals surface area contributed by atoms with Gasteiger partial charge < -0.3 is 11.1 Å². The average Bonchev–Trinajstić information content (AvgIpc) is 3.28. The molecule has 1 saturated carbocycles. The fraction of sp³-hybridized carbons (Fsp3) is 0.350. The van der Waals surface area contributed by atoms with Gasteiger partial charge in [0, 0.05) is 29.1 Å². The van der Waals surface area contributed by atoms with E-state index in [1.807, 2.05) is 13.0 Å². The first-order valence-electron chi connectivity index (χ1n) is 9.31. The third-order valence-electron chi connectivity index (χ3n) is 5.11. The van der Waals surface area contributed by atoms with E-state index < -0.39 is 23.9 Å². The lowest BCUT2D eigenvalue weighted by Crippen LogP contribution is -2.59. The Balaban J connectivity index is 1.70. The molecule has 2 unspecified atom stereocenters. The number of nitrogens with two attached hydrogens (primary N) is 1. The summed E-state index contributed by atoms with van der Waals surface area (Å²) in [5, 5.41) is 6.77. The lowest BCUT2D eigenvalue weighted by molar-refractivity contribution is -0.0674. The van der Waals surface area contributed by atoms with Gasteiger partial charge in [-0.05, 0) is 43.5 Å². The Morgan fingerprint density at radius 2 is 2.28 bits per heavy atom. The first-order valence-corrected chi connectivity index (χ1v) is 10.1. The van der Waals surface area contributed by atoms with E-state index in [1.54, 1.807) is 29.0 Å². The number of hydrogen-bond acceptors (Lipinski definition) is 5. The number of hydrogen-bond donors (Lipinski definition) is 2. The summed E-state index contributed by atoms with van der Waals surface area (Å²) in [5.74, 6) is -3.58. The molecule has 3 aromatic heterocycles. The van der Waals surface area contributed by atoms with Crippen LogP contribution in [0.3, 0.4) is 0 Å². The fourth-order valence-corrected chi connectivity index (χ4v) is 4.65. The molecule has 29 heavy (non-hydrogen) atoms. The quantitative estimate of drug-likeness (QED) is 0.677. The normalized spacial score (nSPS) is 21.2. The van der Waals surface area contributed by atoms with Crippen molar-refractivity contribution in [2.45, 2.75) is 44.2 Å². The second-order valence-electron chi connectivity index (χ2n) is 7.34. The van der Waals surface area contributed by atoms with Crippen molar-refractivity contribution in [2.24, 2.45) is 5.73 Å². The maximum atomic E-state index is 14.3. The van der Waals surface area contributed by atoms with E-state index in [1.165, 1.54) is 11.3 Å². The molecule has 1 amide bonds. The molecule has 9 heteroatoms. The van der Waals surface area contributed by atoms with Crippen LogP contribution in [0.5, 0.6) is 0 Å². The van der Waals surface area contributed by atoms with Gasteiger partial charge in [-0.25, -0.2) is 18.3 Å². The molecule has 3 aromatic rings. The summed E-state index contributed by atoms with van der Waals surface area (Å²) >= 11 is 1.21. The molecule has 3 N–H and O–H groups in total. The third-order valence-corrected chi connectivity index (χ3v) is 6.41. The number of imidazole rings is 1. The number of aromatic nitrogens is 3. The molecule has 1 fully saturated rings.